The number of carbonyl (C=O) groups excluding carboxylic acids is 3. The van der Waals surface area contributed by atoms with Crippen molar-refractivity contribution in [1.82, 2.24) is 14.5 Å². The molecule has 0 bridgehead atoms. The minimum Gasteiger partial charge on any atom is -0.467 e. The van der Waals surface area contributed by atoms with Crippen LogP contribution in [0, 0.1) is 0 Å². The predicted molar refractivity (Wildman–Crippen MR) is 123 cm³/mol. The second kappa shape index (κ2) is 8.85. The summed E-state index contributed by atoms with van der Waals surface area (Å²) >= 11 is 0. The summed E-state index contributed by atoms with van der Waals surface area (Å²) in [5.74, 6) is -1.44. The van der Waals surface area contributed by atoms with Crippen molar-refractivity contribution in [3.8, 4) is 0 Å². The number of nitrogens with one attached hydrogen (secondary N) is 1. The first-order valence-electron chi connectivity index (χ1n) is 10.7. The van der Waals surface area contributed by atoms with Gasteiger partial charge in [-0.05, 0) is 36.8 Å². The predicted octanol–water partition coefficient (Wildman–Crippen LogP) is 1.58. The van der Waals surface area contributed by atoms with Crippen LogP contribution in [0.15, 0.2) is 50.6 Å². The van der Waals surface area contributed by atoms with E-state index in [1.165, 1.54) is 36.1 Å². The van der Waals surface area contributed by atoms with Crippen molar-refractivity contribution >= 4 is 29.2 Å². The molecule has 0 atom stereocenters. The summed E-state index contributed by atoms with van der Waals surface area (Å²) in [5, 5.41) is 0. The van der Waals surface area contributed by atoms with E-state index in [1.807, 2.05) is 6.92 Å². The number of amides is 3. The van der Waals surface area contributed by atoms with Crippen molar-refractivity contribution < 1.29 is 18.8 Å². The van der Waals surface area contributed by atoms with Crippen LogP contribution in [0.3, 0.4) is 0 Å². The molecular weight excluding hydrogens is 442 g/mol. The highest BCUT2D eigenvalue weighted by atomic mass is 16.3. The lowest BCUT2D eigenvalue weighted by atomic mass is 10.0. The van der Waals surface area contributed by atoms with Crippen LogP contribution in [0.2, 0.25) is 0 Å². The molecule has 2 aromatic heterocycles. The van der Waals surface area contributed by atoms with Crippen molar-refractivity contribution in [3.63, 3.8) is 0 Å². The van der Waals surface area contributed by atoms with Gasteiger partial charge in [-0.15, -0.1) is 0 Å². The molecule has 11 heteroatoms. The molecule has 0 saturated heterocycles. The number of anilines is 2. The fourth-order valence-electron chi connectivity index (χ4n) is 3.84. The molecule has 0 radical (unpaired) electrons. The zero-order valence-electron chi connectivity index (χ0n) is 18.7. The molecule has 0 saturated carbocycles. The van der Waals surface area contributed by atoms with Crippen molar-refractivity contribution in [2.75, 3.05) is 17.7 Å². The van der Waals surface area contributed by atoms with Gasteiger partial charge in [0.25, 0.3) is 23.3 Å². The molecular formula is C23H23N5O6. The highest BCUT2D eigenvalue weighted by molar-refractivity contribution is 6.22. The van der Waals surface area contributed by atoms with Gasteiger partial charge >= 0.3 is 5.69 Å². The third kappa shape index (κ3) is 3.81. The molecule has 1 aliphatic heterocycles. The Morgan fingerprint density at radius 1 is 1.12 bits per heavy atom. The van der Waals surface area contributed by atoms with Gasteiger partial charge in [0.2, 0.25) is 0 Å². The number of hydrogen-bond acceptors (Lipinski definition) is 7. The number of aromatic amines is 1. The second-order valence-electron chi connectivity index (χ2n) is 7.90. The number of rotatable bonds is 7. The number of nitrogen functional groups attached to an aromatic ring is 1. The van der Waals surface area contributed by atoms with Crippen LogP contribution in [0.25, 0.3) is 0 Å². The molecule has 0 spiro atoms. The number of nitrogens with two attached hydrogens (primary N) is 1. The molecule has 0 fully saturated rings. The van der Waals surface area contributed by atoms with Gasteiger partial charge in [-0.1, -0.05) is 13.3 Å². The van der Waals surface area contributed by atoms with Crippen LogP contribution >= 0.6 is 0 Å². The van der Waals surface area contributed by atoms with E-state index in [9.17, 15) is 24.0 Å². The Hall–Kier alpha value is -4.41. The Balaban J connectivity index is 1.84. The maximum Gasteiger partial charge on any atom is 0.330 e. The van der Waals surface area contributed by atoms with Crippen molar-refractivity contribution in [2.45, 2.75) is 32.9 Å². The lowest BCUT2D eigenvalue weighted by molar-refractivity contribution is 0.0693. The fraction of sp³-hybridized carbons (Fsp3) is 0.261. The van der Waals surface area contributed by atoms with Gasteiger partial charge < -0.3 is 10.2 Å². The molecule has 0 unspecified atom stereocenters. The van der Waals surface area contributed by atoms with E-state index < -0.39 is 29.0 Å². The van der Waals surface area contributed by atoms with Crippen molar-refractivity contribution in [1.29, 1.82) is 0 Å². The number of nitrogens with zero attached hydrogens (tertiary/aromatic N) is 3. The normalized spacial score (nSPS) is 12.8. The molecule has 11 nitrogen and oxygen atoms in total. The first-order chi connectivity index (χ1) is 16.2. The van der Waals surface area contributed by atoms with Gasteiger partial charge in [0.05, 0.1) is 23.9 Å². The Kier molecular flexibility index (Phi) is 5.93. The summed E-state index contributed by atoms with van der Waals surface area (Å²) in [6, 6.07) is 7.36. The maximum atomic E-state index is 13.6. The molecule has 1 aromatic carbocycles. The summed E-state index contributed by atoms with van der Waals surface area (Å²) in [6.45, 7) is 2.04. The molecule has 176 valence electrons. The number of imide groups is 1. The van der Waals surface area contributed by atoms with Gasteiger partial charge in [0.15, 0.2) is 5.69 Å². The average molecular weight is 465 g/mol. The number of hydrogen-bond donors (Lipinski definition) is 2. The SMILES string of the molecule is CCCCn1c(N)c(N(Cc2ccco2)C(=O)c2ccc3c(c2)C(=O)N(C)C3=O)c(=O)[nH]c1=O. The number of aromatic nitrogens is 2. The first kappa shape index (κ1) is 22.8. The number of fused-ring (bicyclic) bond motifs is 1. The highest BCUT2D eigenvalue weighted by Crippen LogP contribution is 2.26. The van der Waals surface area contributed by atoms with Gasteiger partial charge in [0.1, 0.15) is 11.6 Å². The summed E-state index contributed by atoms with van der Waals surface area (Å²) < 4.78 is 6.58. The van der Waals surface area contributed by atoms with Crippen LogP contribution in [0.5, 0.6) is 0 Å². The van der Waals surface area contributed by atoms with E-state index in [2.05, 4.69) is 4.98 Å². The smallest absolute Gasteiger partial charge is 0.330 e. The molecule has 3 amide bonds. The van der Waals surface area contributed by atoms with Gasteiger partial charge in [-0.2, -0.15) is 0 Å². The minimum atomic E-state index is -0.831. The topological polar surface area (TPSA) is 152 Å². The molecule has 3 N–H and O–H groups in total. The lowest BCUT2D eigenvalue weighted by Gasteiger charge is -2.24. The summed E-state index contributed by atoms with van der Waals surface area (Å²) in [7, 11) is 1.36. The van der Waals surface area contributed by atoms with E-state index in [0.29, 0.717) is 12.2 Å². The third-order valence-corrected chi connectivity index (χ3v) is 5.70. The van der Waals surface area contributed by atoms with E-state index >= 15 is 0 Å². The Morgan fingerprint density at radius 2 is 1.85 bits per heavy atom. The second-order valence-corrected chi connectivity index (χ2v) is 7.90. The molecule has 3 heterocycles. The largest absolute Gasteiger partial charge is 0.467 e. The maximum absolute atomic E-state index is 13.6. The van der Waals surface area contributed by atoms with Crippen LogP contribution < -0.4 is 21.9 Å². The Bertz CT molecular complexity index is 1400. The number of furan rings is 1. The van der Waals surface area contributed by atoms with Crippen LogP contribution in [0.1, 0.15) is 56.6 Å². The van der Waals surface area contributed by atoms with Gasteiger partial charge in [-0.25, -0.2) is 4.79 Å². The zero-order chi connectivity index (χ0) is 24.6. The number of H-pyrrole nitrogens is 1. The highest BCUT2D eigenvalue weighted by Gasteiger charge is 2.34. The van der Waals surface area contributed by atoms with Crippen molar-refractivity contribution in [3.05, 3.63) is 79.9 Å². The summed E-state index contributed by atoms with van der Waals surface area (Å²) in [4.78, 5) is 67.7. The minimum absolute atomic E-state index is 0.0619. The van der Waals surface area contributed by atoms with E-state index in [1.54, 1.807) is 12.1 Å². The van der Waals surface area contributed by atoms with E-state index in [-0.39, 0.29) is 41.3 Å². The van der Waals surface area contributed by atoms with Crippen LogP contribution in [0.4, 0.5) is 11.5 Å². The molecule has 34 heavy (non-hydrogen) atoms. The van der Waals surface area contributed by atoms with Gasteiger partial charge in [-0.3, -0.25) is 38.5 Å². The van der Waals surface area contributed by atoms with Gasteiger partial charge in [0, 0.05) is 19.2 Å². The van der Waals surface area contributed by atoms with E-state index in [4.69, 9.17) is 10.2 Å². The quantitative estimate of drug-likeness (QED) is 0.503. The van der Waals surface area contributed by atoms with Crippen molar-refractivity contribution in [2.24, 2.45) is 0 Å². The molecule has 0 aliphatic carbocycles. The molecule has 1 aliphatic rings. The average Bonchev–Trinajstić information content (AvgIpc) is 3.40. The van der Waals surface area contributed by atoms with E-state index in [0.717, 1.165) is 16.2 Å². The third-order valence-electron chi connectivity index (χ3n) is 5.70. The number of unbranched alkanes of at least 4 members (excludes halogenated alkanes) is 1. The zero-order valence-corrected chi connectivity index (χ0v) is 18.7. The summed E-state index contributed by atoms with van der Waals surface area (Å²) in [6.07, 6.45) is 2.84. The van der Waals surface area contributed by atoms with Crippen LogP contribution in [-0.2, 0) is 13.1 Å². The monoisotopic (exact) mass is 465 g/mol. The fourth-order valence-corrected chi connectivity index (χ4v) is 3.84. The summed E-state index contributed by atoms with van der Waals surface area (Å²) in [5.41, 5.74) is 4.86. The standard InChI is InChI=1S/C23H23N5O6/c1-3-4-9-27-18(24)17(19(29)25-23(27)33)28(12-14-6-5-10-34-14)20(30)13-7-8-15-16(11-13)22(32)26(2)21(15)31/h5-8,10-11H,3-4,9,12,24H2,1-2H3,(H,25,29,33). The first-order valence-corrected chi connectivity index (χ1v) is 10.7. The molecule has 4 rings (SSSR count). The number of benzene rings is 1. The Labute approximate surface area is 193 Å². The number of carbonyl (C=O) groups is 3. The van der Waals surface area contributed by atoms with Crippen LogP contribution in [-0.4, -0.2) is 39.2 Å². The molecule has 3 aromatic rings. The lowest BCUT2D eigenvalue weighted by Crippen LogP contribution is -2.41. The Morgan fingerprint density at radius 3 is 2.53 bits per heavy atom.